The third kappa shape index (κ3) is 1.35. The van der Waals surface area contributed by atoms with Crippen LogP contribution in [0.4, 0.5) is 0 Å². The summed E-state index contributed by atoms with van der Waals surface area (Å²) in [7, 11) is 0. The van der Waals surface area contributed by atoms with Gasteiger partial charge in [-0.25, -0.2) is 0 Å². The van der Waals surface area contributed by atoms with E-state index in [9.17, 15) is 0 Å². The van der Waals surface area contributed by atoms with Gasteiger partial charge in [-0.15, -0.1) is 0 Å². The summed E-state index contributed by atoms with van der Waals surface area (Å²) in [6.45, 7) is 2.24. The molecule has 1 heterocycles. The molecular formula is C11H13N. The van der Waals surface area contributed by atoms with Gasteiger partial charge in [-0.2, -0.15) is 0 Å². The standard InChI is InChI=1S/C11H13N/c1-10-5-4-6-11(9-10)12-7-2-3-8-12/h2-8,10H,9H2,1H3. The summed E-state index contributed by atoms with van der Waals surface area (Å²) in [5.74, 6) is 0.674. The Hall–Kier alpha value is -1.24. The molecule has 62 valence electrons. The van der Waals surface area contributed by atoms with Gasteiger partial charge in [0.1, 0.15) is 0 Å². The van der Waals surface area contributed by atoms with Crippen LogP contribution in [0.25, 0.3) is 5.70 Å². The Morgan fingerprint density at radius 1 is 1.33 bits per heavy atom. The highest BCUT2D eigenvalue weighted by atomic mass is 14.9. The predicted octanol–water partition coefficient (Wildman–Crippen LogP) is 2.93. The Bertz CT molecular complexity index is 304. The van der Waals surface area contributed by atoms with E-state index >= 15 is 0 Å². The average Bonchev–Trinajstić information content (AvgIpc) is 2.56. The molecule has 0 N–H and O–H groups in total. The third-order valence-corrected chi connectivity index (χ3v) is 2.20. The van der Waals surface area contributed by atoms with E-state index in [1.165, 1.54) is 5.70 Å². The molecule has 1 nitrogen and oxygen atoms in total. The molecule has 0 spiro atoms. The van der Waals surface area contributed by atoms with E-state index < -0.39 is 0 Å². The van der Waals surface area contributed by atoms with Gasteiger partial charge in [0.15, 0.2) is 0 Å². The quantitative estimate of drug-likeness (QED) is 0.593. The van der Waals surface area contributed by atoms with Gasteiger partial charge in [0.25, 0.3) is 0 Å². The first-order valence-electron chi connectivity index (χ1n) is 4.37. The van der Waals surface area contributed by atoms with Crippen LogP contribution >= 0.6 is 0 Å². The second-order valence-electron chi connectivity index (χ2n) is 3.31. The summed E-state index contributed by atoms with van der Waals surface area (Å²) < 4.78 is 2.18. The molecular weight excluding hydrogens is 146 g/mol. The molecule has 1 aromatic rings. The molecule has 1 unspecified atom stereocenters. The number of rotatable bonds is 1. The fourth-order valence-corrected chi connectivity index (χ4v) is 1.54. The Kier molecular flexibility index (Phi) is 1.86. The lowest BCUT2D eigenvalue weighted by atomic mass is 10.0. The summed E-state index contributed by atoms with van der Waals surface area (Å²) in [5.41, 5.74) is 1.38. The maximum Gasteiger partial charge on any atom is 0.0226 e. The highest BCUT2D eigenvalue weighted by Gasteiger charge is 2.06. The van der Waals surface area contributed by atoms with Crippen molar-refractivity contribution in [3.63, 3.8) is 0 Å². The van der Waals surface area contributed by atoms with E-state index in [0.29, 0.717) is 5.92 Å². The highest BCUT2D eigenvalue weighted by molar-refractivity contribution is 5.51. The molecule has 12 heavy (non-hydrogen) atoms. The minimum atomic E-state index is 0.674. The normalized spacial score (nSPS) is 22.4. The zero-order valence-corrected chi connectivity index (χ0v) is 7.27. The molecule has 1 heteroatoms. The molecule has 2 rings (SSSR count). The molecule has 1 aromatic heterocycles. The lowest BCUT2D eigenvalue weighted by molar-refractivity contribution is 0.724. The van der Waals surface area contributed by atoms with Crippen molar-refractivity contribution in [3.05, 3.63) is 42.8 Å². The molecule has 0 radical (unpaired) electrons. The van der Waals surface area contributed by atoms with Gasteiger partial charge in [0, 0.05) is 18.1 Å². The molecule has 0 bridgehead atoms. The zero-order chi connectivity index (χ0) is 8.39. The number of aromatic nitrogens is 1. The lowest BCUT2D eigenvalue weighted by Crippen LogP contribution is -2.01. The Labute approximate surface area is 73.0 Å². The third-order valence-electron chi connectivity index (χ3n) is 2.20. The monoisotopic (exact) mass is 159 g/mol. The maximum absolute atomic E-state index is 2.24. The Balaban J connectivity index is 2.26. The molecule has 1 atom stereocenters. The average molecular weight is 159 g/mol. The van der Waals surface area contributed by atoms with Crippen LogP contribution in [-0.2, 0) is 0 Å². The molecule has 0 fully saturated rings. The van der Waals surface area contributed by atoms with Gasteiger partial charge in [-0.05, 0) is 30.5 Å². The van der Waals surface area contributed by atoms with Crippen molar-refractivity contribution < 1.29 is 0 Å². The number of hydrogen-bond acceptors (Lipinski definition) is 0. The van der Waals surface area contributed by atoms with Crippen molar-refractivity contribution in [2.24, 2.45) is 5.92 Å². The van der Waals surface area contributed by atoms with Crippen LogP contribution in [-0.4, -0.2) is 4.57 Å². The smallest absolute Gasteiger partial charge is 0.0226 e. The predicted molar refractivity (Wildman–Crippen MR) is 51.6 cm³/mol. The molecule has 0 aliphatic heterocycles. The van der Waals surface area contributed by atoms with Crippen molar-refractivity contribution in [1.29, 1.82) is 0 Å². The fourth-order valence-electron chi connectivity index (χ4n) is 1.54. The van der Waals surface area contributed by atoms with E-state index in [1.54, 1.807) is 0 Å². The fraction of sp³-hybridized carbons (Fsp3) is 0.273. The van der Waals surface area contributed by atoms with Crippen molar-refractivity contribution in [1.82, 2.24) is 4.57 Å². The minimum absolute atomic E-state index is 0.674. The van der Waals surface area contributed by atoms with E-state index in [1.807, 2.05) is 0 Å². The summed E-state index contributed by atoms with van der Waals surface area (Å²) in [4.78, 5) is 0. The molecule has 0 amide bonds. The van der Waals surface area contributed by atoms with E-state index in [-0.39, 0.29) is 0 Å². The topological polar surface area (TPSA) is 4.93 Å². The van der Waals surface area contributed by atoms with E-state index in [0.717, 1.165) is 6.42 Å². The van der Waals surface area contributed by atoms with Gasteiger partial charge < -0.3 is 4.57 Å². The van der Waals surface area contributed by atoms with Crippen LogP contribution in [0.2, 0.25) is 0 Å². The SMILES string of the molecule is CC1C=CC=C(n2cccc2)C1. The summed E-state index contributed by atoms with van der Waals surface area (Å²) in [6, 6.07) is 4.12. The van der Waals surface area contributed by atoms with Crippen molar-refractivity contribution in [2.45, 2.75) is 13.3 Å². The molecule has 1 aliphatic rings. The molecule has 0 saturated heterocycles. The number of hydrogen-bond donors (Lipinski definition) is 0. The first-order chi connectivity index (χ1) is 5.86. The first-order valence-corrected chi connectivity index (χ1v) is 4.37. The second-order valence-corrected chi connectivity index (χ2v) is 3.31. The van der Waals surface area contributed by atoms with E-state index in [2.05, 4.69) is 54.2 Å². The first kappa shape index (κ1) is 7.41. The van der Waals surface area contributed by atoms with Gasteiger partial charge in [-0.3, -0.25) is 0 Å². The minimum Gasteiger partial charge on any atom is -0.328 e. The number of nitrogens with zero attached hydrogens (tertiary/aromatic N) is 1. The van der Waals surface area contributed by atoms with Crippen molar-refractivity contribution in [3.8, 4) is 0 Å². The zero-order valence-electron chi connectivity index (χ0n) is 7.27. The second kappa shape index (κ2) is 3.02. The van der Waals surface area contributed by atoms with Crippen LogP contribution in [0.1, 0.15) is 13.3 Å². The Morgan fingerprint density at radius 2 is 2.08 bits per heavy atom. The van der Waals surface area contributed by atoms with Crippen LogP contribution < -0.4 is 0 Å². The van der Waals surface area contributed by atoms with Crippen molar-refractivity contribution in [2.75, 3.05) is 0 Å². The van der Waals surface area contributed by atoms with E-state index in [4.69, 9.17) is 0 Å². The molecule has 0 aromatic carbocycles. The summed E-state index contributed by atoms with van der Waals surface area (Å²) in [5, 5.41) is 0. The van der Waals surface area contributed by atoms with Crippen molar-refractivity contribution >= 4 is 5.70 Å². The van der Waals surface area contributed by atoms with Gasteiger partial charge >= 0.3 is 0 Å². The lowest BCUT2D eigenvalue weighted by Gasteiger charge is -2.15. The highest BCUT2D eigenvalue weighted by Crippen LogP contribution is 2.21. The van der Waals surface area contributed by atoms with Gasteiger partial charge in [-0.1, -0.05) is 19.1 Å². The van der Waals surface area contributed by atoms with Crippen LogP contribution in [0.15, 0.2) is 42.8 Å². The van der Waals surface area contributed by atoms with Crippen LogP contribution in [0.5, 0.6) is 0 Å². The van der Waals surface area contributed by atoms with Gasteiger partial charge in [0.2, 0.25) is 0 Å². The summed E-state index contributed by atoms with van der Waals surface area (Å²) in [6.07, 6.45) is 11.9. The summed E-state index contributed by atoms with van der Waals surface area (Å²) >= 11 is 0. The number of allylic oxidation sites excluding steroid dienone is 4. The Morgan fingerprint density at radius 3 is 2.75 bits per heavy atom. The maximum atomic E-state index is 2.24. The van der Waals surface area contributed by atoms with Crippen LogP contribution in [0.3, 0.4) is 0 Å². The largest absolute Gasteiger partial charge is 0.328 e. The molecule has 1 aliphatic carbocycles. The van der Waals surface area contributed by atoms with Gasteiger partial charge in [0.05, 0.1) is 0 Å². The molecule has 0 saturated carbocycles. The van der Waals surface area contributed by atoms with Crippen LogP contribution in [0, 0.1) is 5.92 Å².